The van der Waals surface area contributed by atoms with E-state index < -0.39 is 23.5 Å². The zero-order valence-corrected chi connectivity index (χ0v) is 18.6. The van der Waals surface area contributed by atoms with Crippen molar-refractivity contribution >= 4 is 17.4 Å². The average molecular weight is 449 g/mol. The summed E-state index contributed by atoms with van der Waals surface area (Å²) in [5.74, 6) is -0.875. The van der Waals surface area contributed by atoms with Crippen LogP contribution in [0.2, 0.25) is 0 Å². The Morgan fingerprint density at radius 3 is 2.24 bits per heavy atom. The summed E-state index contributed by atoms with van der Waals surface area (Å²) < 4.78 is 21.6. The molecule has 1 aromatic heterocycles. The molecule has 3 aromatic rings. The molecule has 0 spiro atoms. The number of carbonyl (C=O) groups excluding carboxylic acids is 2. The summed E-state index contributed by atoms with van der Waals surface area (Å²) in [7, 11) is 4.43. The molecule has 1 atom stereocenters. The number of aliphatic hydroxyl groups is 1. The molecule has 2 heterocycles. The van der Waals surface area contributed by atoms with Crippen LogP contribution in [-0.4, -0.2) is 38.1 Å². The monoisotopic (exact) mass is 449 g/mol. The van der Waals surface area contributed by atoms with Gasteiger partial charge in [0.2, 0.25) is 11.5 Å². The molecule has 1 N–H and O–H groups in total. The summed E-state index contributed by atoms with van der Waals surface area (Å²) in [6.45, 7) is 1.89. The molecular formula is C25H23NO7. The molecule has 1 amide bonds. The Morgan fingerprint density at radius 2 is 1.70 bits per heavy atom. The predicted octanol–water partition coefficient (Wildman–Crippen LogP) is 4.40. The molecule has 8 nitrogen and oxygen atoms in total. The van der Waals surface area contributed by atoms with Crippen molar-refractivity contribution in [3.05, 3.63) is 83.0 Å². The van der Waals surface area contributed by atoms with E-state index in [4.69, 9.17) is 18.6 Å². The topological polar surface area (TPSA) is 98.4 Å². The molecule has 0 bridgehead atoms. The fourth-order valence-electron chi connectivity index (χ4n) is 4.00. The van der Waals surface area contributed by atoms with Crippen LogP contribution in [0, 0.1) is 6.92 Å². The first-order chi connectivity index (χ1) is 15.9. The highest BCUT2D eigenvalue weighted by molar-refractivity contribution is 6.20. The third-order valence-corrected chi connectivity index (χ3v) is 5.48. The number of amides is 1. The van der Waals surface area contributed by atoms with Gasteiger partial charge in [0.05, 0.1) is 39.2 Å². The number of carbonyl (C=O) groups is 2. The van der Waals surface area contributed by atoms with Crippen molar-refractivity contribution in [1.29, 1.82) is 0 Å². The lowest BCUT2D eigenvalue weighted by atomic mass is 9.94. The molecule has 1 aliphatic rings. The van der Waals surface area contributed by atoms with Gasteiger partial charge in [0.15, 0.2) is 23.0 Å². The normalized spacial score (nSPS) is 15.7. The highest BCUT2D eigenvalue weighted by Gasteiger charge is 2.45. The Bertz CT molecular complexity index is 1220. The van der Waals surface area contributed by atoms with Crippen molar-refractivity contribution in [3.63, 3.8) is 0 Å². The van der Waals surface area contributed by atoms with Crippen LogP contribution in [-0.2, 0) is 4.79 Å². The van der Waals surface area contributed by atoms with Gasteiger partial charge in [-0.25, -0.2) is 0 Å². The summed E-state index contributed by atoms with van der Waals surface area (Å²) in [6.07, 6.45) is 1.36. The number of methoxy groups -OCH3 is 3. The van der Waals surface area contributed by atoms with Crippen LogP contribution in [0.25, 0.3) is 0 Å². The van der Waals surface area contributed by atoms with E-state index in [0.29, 0.717) is 28.5 Å². The van der Waals surface area contributed by atoms with Gasteiger partial charge in [0, 0.05) is 5.69 Å². The van der Waals surface area contributed by atoms with Crippen molar-refractivity contribution in [1.82, 2.24) is 0 Å². The Balaban J connectivity index is 1.96. The summed E-state index contributed by atoms with van der Waals surface area (Å²) in [4.78, 5) is 28.0. The number of furan rings is 1. The first-order valence-corrected chi connectivity index (χ1v) is 10.1. The van der Waals surface area contributed by atoms with Gasteiger partial charge < -0.3 is 23.7 Å². The van der Waals surface area contributed by atoms with Gasteiger partial charge in [0.1, 0.15) is 0 Å². The lowest BCUT2D eigenvalue weighted by molar-refractivity contribution is -0.117. The number of benzene rings is 2. The number of rotatable bonds is 7. The van der Waals surface area contributed by atoms with Crippen molar-refractivity contribution in [2.75, 3.05) is 26.2 Å². The van der Waals surface area contributed by atoms with Gasteiger partial charge in [-0.2, -0.15) is 0 Å². The van der Waals surface area contributed by atoms with Crippen molar-refractivity contribution in [2.24, 2.45) is 0 Å². The number of aryl methyl sites for hydroxylation is 1. The number of nitrogens with zero attached hydrogens (tertiary/aromatic N) is 1. The third kappa shape index (κ3) is 3.69. The van der Waals surface area contributed by atoms with Gasteiger partial charge in [-0.05, 0) is 54.4 Å². The van der Waals surface area contributed by atoms with E-state index >= 15 is 0 Å². The van der Waals surface area contributed by atoms with E-state index in [1.54, 1.807) is 36.4 Å². The molecule has 1 unspecified atom stereocenters. The minimum Gasteiger partial charge on any atom is -0.503 e. The van der Waals surface area contributed by atoms with Gasteiger partial charge in [-0.3, -0.25) is 14.5 Å². The maximum atomic E-state index is 13.3. The molecule has 2 aromatic carbocycles. The summed E-state index contributed by atoms with van der Waals surface area (Å²) in [5.41, 5.74) is 1.81. The number of anilines is 1. The standard InChI is InChI=1S/C25H23NO7/c1-14-7-5-8-16(11-14)26-21(15-12-18(30-2)24(32-4)19(13-15)31-3)20(23(28)25(26)29)22(27)17-9-6-10-33-17/h5-13,21,28H,1-4H3. The highest BCUT2D eigenvalue weighted by atomic mass is 16.5. The molecule has 0 fully saturated rings. The number of hydrogen-bond acceptors (Lipinski definition) is 7. The smallest absolute Gasteiger partial charge is 0.294 e. The van der Waals surface area contributed by atoms with E-state index in [-0.39, 0.29) is 11.3 Å². The maximum absolute atomic E-state index is 13.3. The lowest BCUT2D eigenvalue weighted by Gasteiger charge is -2.28. The van der Waals surface area contributed by atoms with Gasteiger partial charge >= 0.3 is 0 Å². The lowest BCUT2D eigenvalue weighted by Crippen LogP contribution is -2.31. The number of ether oxygens (including phenoxy) is 3. The second kappa shape index (κ2) is 8.74. The Labute approximate surface area is 190 Å². The minimum atomic E-state index is -0.967. The minimum absolute atomic E-state index is 0.00730. The van der Waals surface area contributed by atoms with E-state index in [2.05, 4.69) is 0 Å². The molecule has 0 aliphatic carbocycles. The molecule has 8 heteroatoms. The first kappa shape index (κ1) is 22.0. The number of hydrogen-bond donors (Lipinski definition) is 1. The second-order valence-electron chi connectivity index (χ2n) is 7.44. The van der Waals surface area contributed by atoms with Crippen LogP contribution in [0.5, 0.6) is 17.2 Å². The van der Waals surface area contributed by atoms with Crippen LogP contribution in [0.4, 0.5) is 5.69 Å². The molecule has 0 radical (unpaired) electrons. The maximum Gasteiger partial charge on any atom is 0.294 e. The van der Waals surface area contributed by atoms with E-state index in [9.17, 15) is 14.7 Å². The van der Waals surface area contributed by atoms with Gasteiger partial charge in [-0.1, -0.05) is 12.1 Å². The zero-order chi connectivity index (χ0) is 23.7. The Morgan fingerprint density at radius 1 is 1.00 bits per heavy atom. The van der Waals surface area contributed by atoms with E-state index in [1.807, 2.05) is 13.0 Å². The number of ketones is 1. The molecule has 0 saturated heterocycles. The molecule has 170 valence electrons. The molecule has 4 rings (SSSR count). The van der Waals surface area contributed by atoms with Crippen LogP contribution in [0.1, 0.15) is 27.7 Å². The average Bonchev–Trinajstić information content (AvgIpc) is 3.45. The fourth-order valence-corrected chi connectivity index (χ4v) is 4.00. The van der Waals surface area contributed by atoms with Crippen LogP contribution < -0.4 is 19.1 Å². The molecular weight excluding hydrogens is 426 g/mol. The zero-order valence-electron chi connectivity index (χ0n) is 18.6. The van der Waals surface area contributed by atoms with Crippen molar-refractivity contribution < 1.29 is 33.3 Å². The van der Waals surface area contributed by atoms with Gasteiger partial charge in [0.25, 0.3) is 5.91 Å². The van der Waals surface area contributed by atoms with Gasteiger partial charge in [-0.15, -0.1) is 0 Å². The van der Waals surface area contributed by atoms with Crippen LogP contribution in [0.3, 0.4) is 0 Å². The van der Waals surface area contributed by atoms with Crippen molar-refractivity contribution in [3.8, 4) is 17.2 Å². The second-order valence-corrected chi connectivity index (χ2v) is 7.44. The Kier molecular flexibility index (Phi) is 5.83. The largest absolute Gasteiger partial charge is 0.503 e. The Hall–Kier alpha value is -4.20. The molecule has 0 saturated carbocycles. The highest BCUT2D eigenvalue weighted by Crippen LogP contribution is 2.47. The summed E-state index contributed by atoms with van der Waals surface area (Å²) in [5, 5.41) is 10.9. The number of Topliss-reactive ketones (excluding diaryl/α,β-unsaturated/α-hetero) is 1. The number of aliphatic hydroxyl groups excluding tert-OH is 1. The first-order valence-electron chi connectivity index (χ1n) is 10.1. The molecule has 33 heavy (non-hydrogen) atoms. The quantitative estimate of drug-likeness (QED) is 0.534. The van der Waals surface area contributed by atoms with E-state index in [1.165, 1.54) is 38.6 Å². The predicted molar refractivity (Wildman–Crippen MR) is 120 cm³/mol. The van der Waals surface area contributed by atoms with E-state index in [0.717, 1.165) is 5.56 Å². The van der Waals surface area contributed by atoms with Crippen LogP contribution in [0.15, 0.2) is 70.5 Å². The SMILES string of the molecule is COc1cc(C2C(C(=O)c3ccco3)=C(O)C(=O)N2c2cccc(C)c2)cc(OC)c1OC. The van der Waals surface area contributed by atoms with Crippen LogP contribution >= 0.6 is 0 Å². The van der Waals surface area contributed by atoms with Crippen molar-refractivity contribution in [2.45, 2.75) is 13.0 Å². The molecule has 1 aliphatic heterocycles. The summed E-state index contributed by atoms with van der Waals surface area (Å²) in [6, 6.07) is 12.6. The fraction of sp³-hybridized carbons (Fsp3) is 0.200. The summed E-state index contributed by atoms with van der Waals surface area (Å²) >= 11 is 0. The third-order valence-electron chi connectivity index (χ3n) is 5.48.